The number of hydrogen-bond donors (Lipinski definition) is 0. The van der Waals surface area contributed by atoms with Crippen molar-refractivity contribution < 1.29 is 26.7 Å². The highest BCUT2D eigenvalue weighted by Gasteiger charge is 2.17. The Balaban J connectivity index is 0.000000227. The Morgan fingerprint density at radius 2 is 0.767 bits per heavy atom. The van der Waals surface area contributed by atoms with E-state index in [1.54, 1.807) is 18.7 Å². The Kier molecular flexibility index (Phi) is 11.4. The molecule has 60 heavy (non-hydrogen) atoms. The van der Waals surface area contributed by atoms with Gasteiger partial charge in [0.05, 0.1) is 19.0 Å². The summed E-state index contributed by atoms with van der Waals surface area (Å²) in [5.41, 5.74) is -4.22. The van der Waals surface area contributed by atoms with Crippen LogP contribution >= 0.6 is 0 Å². The number of nitrogens with zero attached hydrogens (tertiary/aromatic N) is 12. The summed E-state index contributed by atoms with van der Waals surface area (Å²) < 4.78 is 76.2. The second-order valence-corrected chi connectivity index (χ2v) is 14.3. The lowest BCUT2D eigenvalue weighted by Crippen LogP contribution is -2.39. The Hall–Kier alpha value is -6.54. The Morgan fingerprint density at radius 1 is 0.467 bits per heavy atom. The number of imidazole rings is 3. The van der Waals surface area contributed by atoms with Crippen LogP contribution in [0.2, 0.25) is 0 Å². The molecule has 21 nitrogen and oxygen atoms in total. The van der Waals surface area contributed by atoms with Crippen LogP contribution in [0.25, 0.3) is 33.5 Å². The summed E-state index contributed by atoms with van der Waals surface area (Å²) in [7, 11) is 4.76. The molecule has 0 spiro atoms. The molecule has 324 valence electrons. The first-order chi connectivity index (χ1) is 31.9. The van der Waals surface area contributed by atoms with E-state index < -0.39 is 54.6 Å². The monoisotopic (exact) mass is 843 g/mol. The summed E-state index contributed by atoms with van der Waals surface area (Å²) >= 11 is 0. The molecule has 0 unspecified atom stereocenters. The topological polar surface area (TPSA) is 237 Å². The summed E-state index contributed by atoms with van der Waals surface area (Å²) in [6, 6.07) is 0. The van der Waals surface area contributed by atoms with Crippen LogP contribution in [0, 0.1) is 0 Å². The molecule has 0 aliphatic heterocycles. The average Bonchev–Trinajstić information content (AvgIpc) is 3.99. The largest absolute Gasteiger partial charge is 0.332 e. The lowest BCUT2D eigenvalue weighted by Gasteiger charge is -2.08. The van der Waals surface area contributed by atoms with Gasteiger partial charge in [0, 0.05) is 93.3 Å². The minimum Gasteiger partial charge on any atom is -0.328 e. The van der Waals surface area contributed by atoms with Crippen LogP contribution in [-0.2, 0) is 76.1 Å². The summed E-state index contributed by atoms with van der Waals surface area (Å²) in [5.74, 6) is 0.113. The number of carbonyl (C=O) groups is 3. The smallest absolute Gasteiger partial charge is 0.328 e. The third-order valence-corrected chi connectivity index (χ3v) is 9.54. The first-order valence-corrected chi connectivity index (χ1v) is 18.9. The van der Waals surface area contributed by atoms with Crippen molar-refractivity contribution >= 4 is 50.8 Å². The van der Waals surface area contributed by atoms with Crippen LogP contribution in [-0.4, -0.2) is 73.4 Å². The van der Waals surface area contributed by atoms with E-state index >= 15 is 0 Å². The van der Waals surface area contributed by atoms with Gasteiger partial charge in [-0.1, -0.05) is 0 Å². The Bertz CT molecular complexity index is 3270. The predicted octanol–water partition coefficient (Wildman–Crippen LogP) is 0.579. The molecule has 21 heteroatoms. The second kappa shape index (κ2) is 19.9. The van der Waals surface area contributed by atoms with Gasteiger partial charge in [0.15, 0.2) is 33.5 Å². The molecule has 0 saturated heterocycles. The van der Waals surface area contributed by atoms with Gasteiger partial charge in [-0.25, -0.2) is 29.3 Å². The average molecular weight is 844 g/mol. The molecular weight excluding hydrogens is 781 g/mol. The van der Waals surface area contributed by atoms with Crippen molar-refractivity contribution in [3.05, 3.63) is 81.5 Å². The quantitative estimate of drug-likeness (QED) is 0.129. The second-order valence-electron chi connectivity index (χ2n) is 14.3. The Morgan fingerprint density at radius 3 is 1.08 bits per heavy atom. The zero-order chi connectivity index (χ0) is 52.1. The molecular formula is C39H54N12O9. The third kappa shape index (κ3) is 10.2. The number of aromatic nitrogens is 12. The van der Waals surface area contributed by atoms with Gasteiger partial charge in [0.25, 0.3) is 16.7 Å². The molecule has 0 fully saturated rings. The molecule has 6 aromatic heterocycles. The molecule has 6 aromatic rings. The fourth-order valence-corrected chi connectivity index (χ4v) is 6.32. The first kappa shape index (κ1) is 34.3. The van der Waals surface area contributed by atoms with Gasteiger partial charge in [-0.15, -0.1) is 0 Å². The fourth-order valence-electron chi connectivity index (χ4n) is 6.32. The molecule has 0 aromatic carbocycles. The summed E-state index contributed by atoms with van der Waals surface area (Å²) in [5, 5.41) is 0. The molecule has 0 radical (unpaired) electrons. The number of rotatable bonds is 15. The summed E-state index contributed by atoms with van der Waals surface area (Å²) in [6.45, 7) is -3.54. The van der Waals surface area contributed by atoms with Crippen LogP contribution in [0.5, 0.6) is 0 Å². The van der Waals surface area contributed by atoms with E-state index in [1.165, 1.54) is 43.3 Å². The molecule has 6 rings (SSSR count). The standard InChI is InChI=1S/3C13H18N4O3/c3*1-9(18)6-4-5-7-17-12(19)10-11(14-8-15(10)2)16(3)13(17)20/h3*8H,4-7H2,1-3H3/i2D3,3D3;2D3;. The van der Waals surface area contributed by atoms with Crippen molar-refractivity contribution in [1.82, 2.24) is 56.1 Å². The van der Waals surface area contributed by atoms with E-state index in [9.17, 15) is 43.2 Å². The zero-order valence-corrected chi connectivity index (χ0v) is 34.3. The first-order valence-electron chi connectivity index (χ1n) is 23.4. The molecule has 0 N–H and O–H groups in total. The summed E-state index contributed by atoms with van der Waals surface area (Å²) in [6.07, 6.45) is 7.51. The maximum Gasteiger partial charge on any atom is 0.332 e. The number of carbonyl (C=O) groups excluding carboxylic acids is 3. The number of fused-ring (bicyclic) bond motifs is 3. The molecule has 0 aliphatic rings. The fraction of sp³-hybridized carbons (Fsp3) is 0.538. The number of Topliss-reactive ketones (excluding diaryl/α,β-unsaturated/α-hetero) is 3. The van der Waals surface area contributed by atoms with Gasteiger partial charge in [0.2, 0.25) is 0 Å². The molecule has 0 atom stereocenters. The van der Waals surface area contributed by atoms with E-state index in [2.05, 4.69) is 15.0 Å². The van der Waals surface area contributed by atoms with Crippen molar-refractivity contribution in [3.8, 4) is 0 Å². The van der Waals surface area contributed by atoms with Gasteiger partial charge in [-0.05, 0) is 59.3 Å². The number of hydrogen-bond acceptors (Lipinski definition) is 12. The van der Waals surface area contributed by atoms with Crippen molar-refractivity contribution in [2.45, 2.75) is 98.2 Å². The lowest BCUT2D eigenvalue weighted by atomic mass is 10.2. The van der Waals surface area contributed by atoms with Crippen molar-refractivity contribution in [1.29, 1.82) is 0 Å². The van der Waals surface area contributed by atoms with E-state index in [1.807, 2.05) is 0 Å². The number of unbranched alkanes of at least 4 members (excludes halogenated alkanes) is 3. The minimum atomic E-state index is -2.95. The van der Waals surface area contributed by atoms with E-state index in [0.717, 1.165) is 26.4 Å². The molecule has 0 amide bonds. The van der Waals surface area contributed by atoms with Crippen molar-refractivity contribution in [2.75, 3.05) is 0 Å². The number of aryl methyl sites for hydroxylation is 6. The highest BCUT2D eigenvalue weighted by atomic mass is 16.2. The molecule has 0 aliphatic carbocycles. The van der Waals surface area contributed by atoms with Gasteiger partial charge < -0.3 is 28.1 Å². The maximum atomic E-state index is 12.7. The maximum absolute atomic E-state index is 12.7. The van der Waals surface area contributed by atoms with Gasteiger partial charge in [-0.2, -0.15) is 0 Å². The van der Waals surface area contributed by atoms with Gasteiger partial charge >= 0.3 is 17.1 Å². The molecule has 0 saturated carbocycles. The number of ketones is 3. The van der Waals surface area contributed by atoms with Crippen LogP contribution in [0.1, 0.15) is 90.9 Å². The molecule has 0 bridgehead atoms. The third-order valence-electron chi connectivity index (χ3n) is 9.54. The SMILES string of the molecule is CC(=O)CCCCn1c(=O)c2c(ncn2C)n(C)c1=O.[2H]C([2H])([2H])n1cnc2c1c(=O)n(CCCCC(C)=O)c(=O)n2C.[2H]C([2H])([2H])n1cnc2c1c(=O)n(CCCCC(C)=O)c(=O)n2C([2H])([2H])[2H]. The van der Waals surface area contributed by atoms with E-state index in [4.69, 9.17) is 12.3 Å². The minimum absolute atomic E-state index is 0.0381. The predicted molar refractivity (Wildman–Crippen MR) is 224 cm³/mol. The van der Waals surface area contributed by atoms with Crippen LogP contribution in [0.3, 0.4) is 0 Å². The van der Waals surface area contributed by atoms with Crippen molar-refractivity contribution in [2.24, 2.45) is 42.1 Å². The Labute approximate surface area is 355 Å². The van der Waals surface area contributed by atoms with Crippen LogP contribution in [0.4, 0.5) is 0 Å². The normalized spacial score (nSPS) is 14.0. The zero-order valence-electron chi connectivity index (χ0n) is 43.3. The molecule has 6 heterocycles. The van der Waals surface area contributed by atoms with Crippen molar-refractivity contribution in [3.63, 3.8) is 0 Å². The highest BCUT2D eigenvalue weighted by Crippen LogP contribution is 2.07. The highest BCUT2D eigenvalue weighted by molar-refractivity contribution is 5.76. The van der Waals surface area contributed by atoms with Crippen LogP contribution in [0.15, 0.2) is 47.7 Å². The van der Waals surface area contributed by atoms with Gasteiger partial charge in [0.1, 0.15) is 17.3 Å². The van der Waals surface area contributed by atoms with E-state index in [-0.39, 0.29) is 65.7 Å². The van der Waals surface area contributed by atoms with Crippen LogP contribution < -0.4 is 33.7 Å². The van der Waals surface area contributed by atoms with E-state index in [0.29, 0.717) is 76.4 Å². The summed E-state index contributed by atoms with van der Waals surface area (Å²) in [4.78, 5) is 119. The van der Waals surface area contributed by atoms with Gasteiger partial charge in [-0.3, -0.25) is 41.8 Å². The lowest BCUT2D eigenvalue weighted by molar-refractivity contribution is -0.118.